The molecule has 0 fully saturated rings. The number of aryl methyl sites for hydroxylation is 2. The van der Waals surface area contributed by atoms with Crippen molar-refractivity contribution in [2.75, 3.05) is 6.26 Å². The molecule has 0 aliphatic rings. The first kappa shape index (κ1) is 14.9. The third kappa shape index (κ3) is 2.99. The molecule has 100 valence electrons. The van der Waals surface area contributed by atoms with Gasteiger partial charge in [0.2, 0.25) is 0 Å². The third-order valence-electron chi connectivity index (χ3n) is 3.53. The summed E-state index contributed by atoms with van der Waals surface area (Å²) in [7, 11) is -3.39. The molecular weight excluding hydrogens is 248 g/mol. The van der Waals surface area contributed by atoms with Gasteiger partial charge in [-0.05, 0) is 44.4 Å². The fraction of sp³-hybridized carbons (Fsp3) is 0.500. The Hall–Kier alpha value is -1.16. The van der Waals surface area contributed by atoms with Crippen molar-refractivity contribution in [2.24, 2.45) is 0 Å². The van der Waals surface area contributed by atoms with Crippen LogP contribution in [-0.2, 0) is 21.1 Å². The number of benzene rings is 1. The van der Waals surface area contributed by atoms with Gasteiger partial charge in [-0.2, -0.15) is 0 Å². The van der Waals surface area contributed by atoms with E-state index in [0.717, 1.165) is 22.9 Å². The zero-order chi connectivity index (χ0) is 14.1. The molecule has 0 spiro atoms. The number of rotatable bonds is 4. The number of hydrogen-bond acceptors (Lipinski definition) is 3. The molecule has 18 heavy (non-hydrogen) atoms. The van der Waals surface area contributed by atoms with E-state index in [0.29, 0.717) is 0 Å². The number of sulfone groups is 1. The van der Waals surface area contributed by atoms with Crippen LogP contribution in [0.2, 0.25) is 0 Å². The Morgan fingerprint density at radius 3 is 2.17 bits per heavy atom. The van der Waals surface area contributed by atoms with Gasteiger partial charge in [0.15, 0.2) is 15.6 Å². The number of ketones is 1. The second-order valence-electron chi connectivity index (χ2n) is 5.30. The van der Waals surface area contributed by atoms with Gasteiger partial charge in [0, 0.05) is 12.7 Å². The number of carbonyl (C=O) groups is 1. The fourth-order valence-corrected chi connectivity index (χ4v) is 2.00. The van der Waals surface area contributed by atoms with E-state index in [1.165, 1.54) is 13.8 Å². The monoisotopic (exact) mass is 268 g/mol. The zero-order valence-corrected chi connectivity index (χ0v) is 12.4. The zero-order valence-electron chi connectivity index (χ0n) is 11.6. The van der Waals surface area contributed by atoms with Crippen LogP contribution in [0, 0.1) is 13.8 Å². The molecule has 0 saturated carbocycles. The lowest BCUT2D eigenvalue weighted by Gasteiger charge is -2.21. The summed E-state index contributed by atoms with van der Waals surface area (Å²) < 4.78 is 21.8. The SMILES string of the molecule is Cc1ccc(CC(=O)C(C)(C)S(C)(=O)=O)cc1C. The molecule has 0 radical (unpaired) electrons. The quantitative estimate of drug-likeness (QED) is 0.841. The first-order chi connectivity index (χ1) is 8.05. The van der Waals surface area contributed by atoms with Crippen LogP contribution in [0.15, 0.2) is 18.2 Å². The summed E-state index contributed by atoms with van der Waals surface area (Å²) in [5.41, 5.74) is 3.13. The smallest absolute Gasteiger partial charge is 0.159 e. The molecule has 1 aromatic carbocycles. The minimum absolute atomic E-state index is 0.154. The van der Waals surface area contributed by atoms with Crippen LogP contribution in [0.4, 0.5) is 0 Å². The van der Waals surface area contributed by atoms with E-state index < -0.39 is 14.6 Å². The summed E-state index contributed by atoms with van der Waals surface area (Å²) in [6, 6.07) is 5.76. The normalized spacial score (nSPS) is 12.5. The molecule has 0 N–H and O–H groups in total. The van der Waals surface area contributed by atoms with Gasteiger partial charge < -0.3 is 0 Å². The second kappa shape index (κ2) is 4.84. The van der Waals surface area contributed by atoms with E-state index in [-0.39, 0.29) is 12.2 Å². The van der Waals surface area contributed by atoms with Gasteiger partial charge in [-0.3, -0.25) is 4.79 Å². The average molecular weight is 268 g/mol. The first-order valence-electron chi connectivity index (χ1n) is 5.84. The van der Waals surface area contributed by atoms with Crippen molar-refractivity contribution in [3.05, 3.63) is 34.9 Å². The molecule has 1 rings (SSSR count). The Balaban J connectivity index is 2.99. The van der Waals surface area contributed by atoms with Gasteiger partial charge in [0.25, 0.3) is 0 Å². The van der Waals surface area contributed by atoms with Crippen molar-refractivity contribution >= 4 is 15.6 Å². The highest BCUT2D eigenvalue weighted by Gasteiger charge is 2.37. The van der Waals surface area contributed by atoms with Crippen LogP contribution in [0.1, 0.15) is 30.5 Å². The summed E-state index contributed by atoms with van der Waals surface area (Å²) in [5.74, 6) is -0.270. The molecule has 0 unspecified atom stereocenters. The molecular formula is C14H20O3S. The van der Waals surface area contributed by atoms with Crippen molar-refractivity contribution in [3.63, 3.8) is 0 Å². The molecule has 3 nitrogen and oxygen atoms in total. The highest BCUT2D eigenvalue weighted by molar-refractivity contribution is 7.92. The fourth-order valence-electron chi connectivity index (χ4n) is 1.52. The lowest BCUT2D eigenvalue weighted by Crippen LogP contribution is -2.40. The van der Waals surface area contributed by atoms with Crippen LogP contribution in [0.25, 0.3) is 0 Å². The minimum Gasteiger partial charge on any atom is -0.298 e. The predicted molar refractivity (Wildman–Crippen MR) is 73.5 cm³/mol. The predicted octanol–water partition coefficient (Wildman–Crippen LogP) is 2.24. The molecule has 0 saturated heterocycles. The first-order valence-corrected chi connectivity index (χ1v) is 7.74. The number of Topliss-reactive ketones (excluding diaryl/α,β-unsaturated/α-hetero) is 1. The Morgan fingerprint density at radius 2 is 1.72 bits per heavy atom. The van der Waals surface area contributed by atoms with E-state index in [4.69, 9.17) is 0 Å². The average Bonchev–Trinajstić information content (AvgIpc) is 2.21. The third-order valence-corrected chi connectivity index (χ3v) is 5.62. The van der Waals surface area contributed by atoms with Crippen LogP contribution in [-0.4, -0.2) is 25.2 Å². The summed E-state index contributed by atoms with van der Waals surface area (Å²) in [6.07, 6.45) is 1.26. The van der Waals surface area contributed by atoms with E-state index in [2.05, 4.69) is 0 Å². The van der Waals surface area contributed by atoms with E-state index in [9.17, 15) is 13.2 Å². The van der Waals surface area contributed by atoms with Gasteiger partial charge >= 0.3 is 0 Å². The Labute approximate surface area is 109 Å². The highest BCUT2D eigenvalue weighted by Crippen LogP contribution is 2.20. The van der Waals surface area contributed by atoms with E-state index >= 15 is 0 Å². The molecule has 0 atom stereocenters. The molecule has 0 aliphatic carbocycles. The Bertz CT molecular complexity index is 569. The van der Waals surface area contributed by atoms with Crippen molar-refractivity contribution in [1.82, 2.24) is 0 Å². The van der Waals surface area contributed by atoms with Gasteiger partial charge in [-0.1, -0.05) is 18.2 Å². The number of hydrogen-bond donors (Lipinski definition) is 0. The molecule has 1 aromatic rings. The molecule has 0 bridgehead atoms. The van der Waals surface area contributed by atoms with E-state index in [1.54, 1.807) is 0 Å². The standard InChI is InChI=1S/C14H20O3S/c1-10-6-7-12(8-11(10)2)9-13(15)14(3,4)18(5,16)17/h6-8H,9H2,1-5H3. The van der Waals surface area contributed by atoms with Crippen molar-refractivity contribution in [3.8, 4) is 0 Å². The van der Waals surface area contributed by atoms with Crippen LogP contribution < -0.4 is 0 Å². The van der Waals surface area contributed by atoms with Gasteiger partial charge in [0.1, 0.15) is 4.75 Å². The Morgan fingerprint density at radius 1 is 1.17 bits per heavy atom. The van der Waals surface area contributed by atoms with Crippen LogP contribution in [0.3, 0.4) is 0 Å². The summed E-state index contributed by atoms with van der Waals surface area (Å²) >= 11 is 0. The maximum Gasteiger partial charge on any atom is 0.159 e. The van der Waals surface area contributed by atoms with Gasteiger partial charge in [0.05, 0.1) is 0 Å². The summed E-state index contributed by atoms with van der Waals surface area (Å²) in [5, 5.41) is 0. The van der Waals surface area contributed by atoms with Crippen molar-refractivity contribution < 1.29 is 13.2 Å². The maximum atomic E-state index is 12.1. The van der Waals surface area contributed by atoms with Crippen molar-refractivity contribution in [1.29, 1.82) is 0 Å². The van der Waals surface area contributed by atoms with E-state index in [1.807, 2.05) is 32.0 Å². The van der Waals surface area contributed by atoms with Gasteiger partial charge in [-0.25, -0.2) is 8.42 Å². The molecule has 4 heteroatoms. The highest BCUT2D eigenvalue weighted by atomic mass is 32.2. The maximum absolute atomic E-state index is 12.1. The molecule has 0 heterocycles. The summed E-state index contributed by atoms with van der Waals surface area (Å²) in [6.45, 7) is 6.91. The minimum atomic E-state index is -3.39. The molecule has 0 amide bonds. The van der Waals surface area contributed by atoms with Crippen LogP contribution >= 0.6 is 0 Å². The lowest BCUT2D eigenvalue weighted by molar-refractivity contribution is -0.120. The summed E-state index contributed by atoms with van der Waals surface area (Å²) in [4.78, 5) is 12.1. The molecule has 0 aliphatic heterocycles. The van der Waals surface area contributed by atoms with Gasteiger partial charge in [-0.15, -0.1) is 0 Å². The van der Waals surface area contributed by atoms with Crippen molar-refractivity contribution in [2.45, 2.75) is 38.9 Å². The topological polar surface area (TPSA) is 51.2 Å². The largest absolute Gasteiger partial charge is 0.298 e. The van der Waals surface area contributed by atoms with Crippen LogP contribution in [0.5, 0.6) is 0 Å². The number of carbonyl (C=O) groups excluding carboxylic acids is 1. The Kier molecular flexibility index (Phi) is 4.01. The lowest BCUT2D eigenvalue weighted by atomic mass is 9.97. The molecule has 0 aromatic heterocycles. The second-order valence-corrected chi connectivity index (χ2v) is 7.87.